The van der Waals surface area contributed by atoms with Crippen LogP contribution in [0.5, 0.6) is 0 Å². The number of carbonyl (C=O) groups is 1. The number of rotatable bonds is 4. The molecule has 0 unspecified atom stereocenters. The molecule has 1 aromatic carbocycles. The Morgan fingerprint density at radius 1 is 1.32 bits per heavy atom. The maximum atomic E-state index is 13.5. The molecular formula is C20H25F3N4O. The normalized spacial score (nSPS) is 17.5. The van der Waals surface area contributed by atoms with Crippen molar-refractivity contribution in [3.8, 4) is 0 Å². The Morgan fingerprint density at radius 2 is 2.04 bits per heavy atom. The Kier molecular flexibility index (Phi) is 5.67. The summed E-state index contributed by atoms with van der Waals surface area (Å²) in [6.07, 6.45) is -2.16. The van der Waals surface area contributed by atoms with Gasteiger partial charge in [0.1, 0.15) is 0 Å². The fourth-order valence-corrected chi connectivity index (χ4v) is 3.61. The van der Waals surface area contributed by atoms with Gasteiger partial charge in [0, 0.05) is 24.3 Å². The number of benzene rings is 1. The molecule has 0 spiro atoms. The predicted molar refractivity (Wildman–Crippen MR) is 99.6 cm³/mol. The Labute approximate surface area is 162 Å². The molecule has 0 aliphatic carbocycles. The number of fused-ring (bicyclic) bond motifs is 1. The van der Waals surface area contributed by atoms with Gasteiger partial charge in [-0.25, -0.2) is 4.79 Å². The fourth-order valence-electron chi connectivity index (χ4n) is 3.61. The van der Waals surface area contributed by atoms with Gasteiger partial charge in [0.25, 0.3) is 0 Å². The van der Waals surface area contributed by atoms with E-state index >= 15 is 0 Å². The molecule has 0 fully saturated rings. The van der Waals surface area contributed by atoms with Gasteiger partial charge in [-0.15, -0.1) is 0 Å². The second-order valence-corrected chi connectivity index (χ2v) is 8.19. The number of aromatic amines is 1. The quantitative estimate of drug-likeness (QED) is 0.826. The van der Waals surface area contributed by atoms with Crippen LogP contribution in [0.2, 0.25) is 0 Å². The largest absolute Gasteiger partial charge is 0.393 e. The molecule has 2 aromatic rings. The van der Waals surface area contributed by atoms with Crippen LogP contribution in [-0.2, 0) is 19.4 Å². The molecule has 0 radical (unpaired) electrons. The van der Waals surface area contributed by atoms with Gasteiger partial charge in [0.05, 0.1) is 18.7 Å². The Morgan fingerprint density at radius 3 is 2.71 bits per heavy atom. The summed E-state index contributed by atoms with van der Waals surface area (Å²) in [5, 5.41) is 9.48. The summed E-state index contributed by atoms with van der Waals surface area (Å²) in [7, 11) is 0. The van der Waals surface area contributed by atoms with Gasteiger partial charge in [0.15, 0.2) is 0 Å². The lowest BCUT2D eigenvalue weighted by Crippen LogP contribution is -2.46. The minimum Gasteiger partial charge on any atom is -0.337 e. The van der Waals surface area contributed by atoms with E-state index in [1.54, 1.807) is 41.4 Å². The predicted octanol–water partition coefficient (Wildman–Crippen LogP) is 3.92. The molecule has 2 heterocycles. The van der Waals surface area contributed by atoms with Crippen molar-refractivity contribution in [2.75, 3.05) is 13.1 Å². The second-order valence-electron chi connectivity index (χ2n) is 8.19. The van der Waals surface area contributed by atoms with E-state index in [4.69, 9.17) is 0 Å². The van der Waals surface area contributed by atoms with Crippen molar-refractivity contribution in [1.29, 1.82) is 0 Å². The van der Waals surface area contributed by atoms with Crippen LogP contribution in [0.4, 0.5) is 18.0 Å². The van der Waals surface area contributed by atoms with E-state index < -0.39 is 24.7 Å². The lowest BCUT2D eigenvalue weighted by molar-refractivity contribution is -0.172. The highest BCUT2D eigenvalue weighted by molar-refractivity contribution is 5.74. The van der Waals surface area contributed by atoms with Crippen molar-refractivity contribution in [3.63, 3.8) is 0 Å². The minimum atomic E-state index is -4.39. The first-order valence-corrected chi connectivity index (χ1v) is 9.28. The minimum absolute atomic E-state index is 0.165. The second kappa shape index (κ2) is 7.85. The summed E-state index contributed by atoms with van der Waals surface area (Å²) in [5.41, 5.74) is 2.26. The van der Waals surface area contributed by atoms with E-state index in [2.05, 4.69) is 15.5 Å². The van der Waals surface area contributed by atoms with Crippen molar-refractivity contribution in [1.82, 2.24) is 20.4 Å². The number of H-pyrrole nitrogens is 1. The zero-order valence-corrected chi connectivity index (χ0v) is 16.0. The number of nitrogens with one attached hydrogen (secondary N) is 2. The van der Waals surface area contributed by atoms with Crippen LogP contribution < -0.4 is 5.32 Å². The van der Waals surface area contributed by atoms with Gasteiger partial charge >= 0.3 is 12.2 Å². The smallest absolute Gasteiger partial charge is 0.337 e. The highest BCUT2D eigenvalue weighted by atomic mass is 19.4. The molecule has 152 valence electrons. The van der Waals surface area contributed by atoms with Gasteiger partial charge in [-0.2, -0.15) is 18.3 Å². The first-order chi connectivity index (χ1) is 13.1. The first kappa shape index (κ1) is 20.2. The number of alkyl halides is 3. The summed E-state index contributed by atoms with van der Waals surface area (Å²) in [4.78, 5) is 14.2. The number of hydrogen-bond donors (Lipinski definition) is 2. The number of nitrogens with zero attached hydrogens (tertiary/aromatic N) is 2. The topological polar surface area (TPSA) is 61.0 Å². The molecule has 1 atom stereocenters. The van der Waals surface area contributed by atoms with Gasteiger partial charge in [0.2, 0.25) is 0 Å². The van der Waals surface area contributed by atoms with E-state index in [0.29, 0.717) is 18.7 Å². The Bertz CT molecular complexity index is 801. The summed E-state index contributed by atoms with van der Waals surface area (Å²) >= 11 is 0. The average Bonchev–Trinajstić information content (AvgIpc) is 2.98. The third kappa shape index (κ3) is 5.05. The molecule has 2 N–H and O–H groups in total. The molecule has 8 heteroatoms. The Hall–Kier alpha value is -2.51. The van der Waals surface area contributed by atoms with E-state index in [0.717, 1.165) is 17.7 Å². The molecular weight excluding hydrogens is 369 g/mol. The molecule has 5 nitrogen and oxygen atoms in total. The molecule has 2 amide bonds. The zero-order valence-electron chi connectivity index (χ0n) is 16.0. The van der Waals surface area contributed by atoms with Crippen LogP contribution in [0.25, 0.3) is 0 Å². The third-order valence-corrected chi connectivity index (χ3v) is 5.02. The van der Waals surface area contributed by atoms with Crippen LogP contribution in [0.1, 0.15) is 30.7 Å². The van der Waals surface area contributed by atoms with Crippen LogP contribution >= 0.6 is 0 Å². The van der Waals surface area contributed by atoms with Gasteiger partial charge in [-0.05, 0) is 23.8 Å². The highest BCUT2D eigenvalue weighted by Gasteiger charge is 2.40. The average molecular weight is 394 g/mol. The molecule has 3 rings (SSSR count). The van der Waals surface area contributed by atoms with Gasteiger partial charge in [-0.1, -0.05) is 44.2 Å². The molecule has 0 bridgehead atoms. The molecule has 1 aromatic heterocycles. The SMILES string of the molecule is CC1(C)Cc2[nH]ncc2CN(C(=O)NC[C@H](Cc2ccccc2)C(F)(F)F)C1. The van der Waals surface area contributed by atoms with E-state index in [1.165, 1.54) is 0 Å². The first-order valence-electron chi connectivity index (χ1n) is 9.28. The van der Waals surface area contributed by atoms with Crippen molar-refractivity contribution in [2.45, 2.75) is 39.4 Å². The van der Waals surface area contributed by atoms with Gasteiger partial charge in [-0.3, -0.25) is 5.10 Å². The summed E-state index contributed by atoms with van der Waals surface area (Å²) in [6.45, 7) is 4.38. The third-order valence-electron chi connectivity index (χ3n) is 5.02. The molecule has 0 saturated carbocycles. The van der Waals surface area contributed by atoms with Crippen LogP contribution in [-0.4, -0.2) is 40.4 Å². The van der Waals surface area contributed by atoms with Crippen molar-refractivity contribution < 1.29 is 18.0 Å². The summed E-state index contributed by atoms with van der Waals surface area (Å²) in [6, 6.07) is 8.03. The van der Waals surface area contributed by atoms with Crippen molar-refractivity contribution >= 4 is 6.03 Å². The Balaban J connectivity index is 1.67. The maximum Gasteiger partial charge on any atom is 0.393 e. The highest BCUT2D eigenvalue weighted by Crippen LogP contribution is 2.30. The lowest BCUT2D eigenvalue weighted by atomic mass is 9.88. The van der Waals surface area contributed by atoms with E-state index in [9.17, 15) is 18.0 Å². The molecule has 1 aliphatic rings. The van der Waals surface area contributed by atoms with Crippen LogP contribution in [0.15, 0.2) is 36.5 Å². The number of hydrogen-bond acceptors (Lipinski definition) is 2. The summed E-state index contributed by atoms with van der Waals surface area (Å²) in [5.74, 6) is -1.64. The van der Waals surface area contributed by atoms with E-state index in [-0.39, 0.29) is 11.8 Å². The molecule has 0 saturated heterocycles. The summed E-state index contributed by atoms with van der Waals surface area (Å²) < 4.78 is 40.4. The number of amides is 2. The van der Waals surface area contributed by atoms with Gasteiger partial charge < -0.3 is 10.2 Å². The van der Waals surface area contributed by atoms with Crippen LogP contribution in [0, 0.1) is 11.3 Å². The number of carbonyl (C=O) groups excluding carboxylic acids is 1. The number of halogens is 3. The standard InChI is InChI=1S/C20H25F3N4O/c1-19(2)9-17-15(10-25-26-17)12-27(13-19)18(28)24-11-16(20(21,22)23)8-14-6-4-3-5-7-14/h3-7,10,16H,8-9,11-13H2,1-2H3,(H,24,28)(H,25,26)/t16-/m0/s1. The number of aromatic nitrogens is 2. The monoisotopic (exact) mass is 394 g/mol. The lowest BCUT2D eigenvalue weighted by Gasteiger charge is -2.30. The number of urea groups is 1. The maximum absolute atomic E-state index is 13.5. The van der Waals surface area contributed by atoms with Crippen LogP contribution in [0.3, 0.4) is 0 Å². The molecule has 1 aliphatic heterocycles. The molecule has 28 heavy (non-hydrogen) atoms. The van der Waals surface area contributed by atoms with Crippen molar-refractivity contribution in [3.05, 3.63) is 53.3 Å². The van der Waals surface area contributed by atoms with Crippen molar-refractivity contribution in [2.24, 2.45) is 11.3 Å². The van der Waals surface area contributed by atoms with E-state index in [1.807, 2.05) is 13.8 Å². The zero-order chi connectivity index (χ0) is 20.4. The fraction of sp³-hybridized carbons (Fsp3) is 0.500.